The maximum absolute atomic E-state index is 6.80. The molecular formula is C27H39N3OSi. The van der Waals surface area contributed by atoms with E-state index in [1.807, 2.05) is 59.3 Å². The lowest BCUT2D eigenvalue weighted by Gasteiger charge is -2.43. The largest absolute Gasteiger partial charge is 0.466 e. The second-order valence-electron chi connectivity index (χ2n) is 9.41. The third-order valence-corrected chi connectivity index (χ3v) is 10.6. The van der Waals surface area contributed by atoms with Crippen LogP contribution in [0.5, 0.6) is 5.75 Å². The zero-order valence-electron chi connectivity index (χ0n) is 20.1. The van der Waals surface area contributed by atoms with Crippen molar-refractivity contribution in [1.29, 1.82) is 0 Å². The van der Waals surface area contributed by atoms with E-state index < -0.39 is 13.4 Å². The van der Waals surface area contributed by atoms with Crippen molar-refractivity contribution in [3.8, 4) is 5.75 Å². The molecule has 0 radical (unpaired) electrons. The highest BCUT2D eigenvalue weighted by Gasteiger charge is 2.50. The van der Waals surface area contributed by atoms with Crippen LogP contribution in [0.15, 0.2) is 67.3 Å². The maximum Gasteiger partial charge on any atom is 0.203 e. The molecule has 5 heteroatoms. The molecule has 172 valence electrons. The second kappa shape index (κ2) is 11.5. The molecule has 0 aliphatic heterocycles. The predicted octanol–water partition coefficient (Wildman–Crippen LogP) is 7.74. The number of para-hydroxylation sites is 2. The Hall–Kier alpha value is -2.40. The van der Waals surface area contributed by atoms with Crippen LogP contribution >= 0.6 is 0 Å². The first kappa shape index (κ1) is 24.2. The highest BCUT2D eigenvalue weighted by molar-refractivity contribution is 6.79. The van der Waals surface area contributed by atoms with Gasteiger partial charge in [-0.1, -0.05) is 120 Å². The monoisotopic (exact) mass is 449 g/mol. The van der Waals surface area contributed by atoms with E-state index in [0.29, 0.717) is 0 Å². The molecule has 0 saturated heterocycles. The number of hydrogen-bond donors (Lipinski definition) is 0. The molecule has 0 saturated carbocycles. The molecule has 0 N–H and O–H groups in total. The van der Waals surface area contributed by atoms with E-state index in [0.717, 1.165) is 22.8 Å². The summed E-state index contributed by atoms with van der Waals surface area (Å²) in [6.07, 6.45) is 12.6. The minimum atomic E-state index is -2.05. The number of aromatic nitrogens is 3. The van der Waals surface area contributed by atoms with Gasteiger partial charge >= 0.3 is 0 Å². The van der Waals surface area contributed by atoms with Crippen molar-refractivity contribution >= 4 is 19.1 Å². The summed E-state index contributed by atoms with van der Waals surface area (Å²) in [5.41, 5.74) is 1.87. The zero-order chi connectivity index (χ0) is 22.9. The summed E-state index contributed by atoms with van der Waals surface area (Å²) < 4.78 is 8.78. The Morgan fingerprint density at radius 1 is 0.906 bits per heavy atom. The van der Waals surface area contributed by atoms with Gasteiger partial charge in [-0.3, -0.25) is 0 Å². The Labute approximate surface area is 194 Å². The molecule has 1 aromatic heterocycles. The van der Waals surface area contributed by atoms with Gasteiger partial charge in [0, 0.05) is 0 Å². The first-order valence-electron chi connectivity index (χ1n) is 12.2. The zero-order valence-corrected chi connectivity index (χ0v) is 21.1. The van der Waals surface area contributed by atoms with Crippen molar-refractivity contribution in [3.05, 3.63) is 67.3 Å². The van der Waals surface area contributed by atoms with E-state index in [9.17, 15) is 0 Å². The van der Waals surface area contributed by atoms with Crippen LogP contribution < -0.4 is 4.74 Å². The summed E-state index contributed by atoms with van der Waals surface area (Å²) in [5, 5.41) is 8.32. The van der Waals surface area contributed by atoms with E-state index in [4.69, 9.17) is 4.74 Å². The lowest BCUT2D eigenvalue weighted by atomic mass is 10.1. The maximum atomic E-state index is 6.80. The van der Waals surface area contributed by atoms with Crippen molar-refractivity contribution in [3.63, 3.8) is 0 Å². The van der Waals surface area contributed by atoms with E-state index in [2.05, 4.69) is 43.0 Å². The Kier molecular flexibility index (Phi) is 8.68. The molecule has 0 fully saturated rings. The van der Waals surface area contributed by atoms with Crippen LogP contribution in [0.2, 0.25) is 19.1 Å². The van der Waals surface area contributed by atoms with Gasteiger partial charge in [-0.15, -0.1) is 5.10 Å². The van der Waals surface area contributed by atoms with Crippen LogP contribution in [0.3, 0.4) is 0 Å². The number of hydrogen-bond acceptors (Lipinski definition) is 3. The van der Waals surface area contributed by atoms with Crippen molar-refractivity contribution in [2.45, 2.75) is 82.8 Å². The first-order valence-corrected chi connectivity index (χ1v) is 15.4. The normalized spacial score (nSPS) is 13.7. The molecule has 1 atom stereocenters. The fourth-order valence-electron chi connectivity index (χ4n) is 4.53. The average molecular weight is 450 g/mol. The summed E-state index contributed by atoms with van der Waals surface area (Å²) in [5.74, 6) is 0.837. The van der Waals surface area contributed by atoms with Gasteiger partial charge in [-0.05, 0) is 30.3 Å². The predicted molar refractivity (Wildman–Crippen MR) is 138 cm³/mol. The van der Waals surface area contributed by atoms with Gasteiger partial charge in [0.05, 0.1) is 5.52 Å². The van der Waals surface area contributed by atoms with Gasteiger partial charge in [-0.2, -0.15) is 0 Å². The minimum absolute atomic E-state index is 0.717. The molecule has 0 bridgehead atoms. The molecule has 0 amide bonds. The Morgan fingerprint density at radius 3 is 2.22 bits per heavy atom. The SMILES string of the molecule is C=CC(Oc1ccccc1)(n1nnc2ccccc21)[Si](C)(C)CCCCCCCCCC. The molecule has 1 heterocycles. The highest BCUT2D eigenvalue weighted by atomic mass is 28.3. The smallest absolute Gasteiger partial charge is 0.203 e. The van der Waals surface area contributed by atoms with Gasteiger partial charge in [0.1, 0.15) is 19.3 Å². The Balaban J connectivity index is 1.82. The Morgan fingerprint density at radius 2 is 1.53 bits per heavy atom. The van der Waals surface area contributed by atoms with Crippen LogP contribution in [-0.4, -0.2) is 23.1 Å². The van der Waals surface area contributed by atoms with Crippen molar-refractivity contribution < 1.29 is 4.74 Å². The van der Waals surface area contributed by atoms with Crippen LogP contribution in [0.1, 0.15) is 58.3 Å². The lowest BCUT2D eigenvalue weighted by Crippen LogP contribution is -2.59. The van der Waals surface area contributed by atoms with E-state index >= 15 is 0 Å². The van der Waals surface area contributed by atoms with Gasteiger partial charge in [-0.25, -0.2) is 4.68 Å². The van der Waals surface area contributed by atoms with E-state index in [1.165, 1.54) is 51.4 Å². The highest BCUT2D eigenvalue weighted by Crippen LogP contribution is 2.38. The fraction of sp³-hybridized carbons (Fsp3) is 0.481. The van der Waals surface area contributed by atoms with Crippen LogP contribution in [-0.2, 0) is 5.35 Å². The van der Waals surface area contributed by atoms with Gasteiger partial charge in [0.15, 0.2) is 0 Å². The van der Waals surface area contributed by atoms with Crippen LogP contribution in [0.4, 0.5) is 0 Å². The third-order valence-electron chi connectivity index (χ3n) is 6.58. The molecule has 1 unspecified atom stereocenters. The number of fused-ring (bicyclic) bond motifs is 1. The molecule has 0 aliphatic rings. The number of ether oxygens (including phenoxy) is 1. The van der Waals surface area contributed by atoms with Crippen molar-refractivity contribution in [2.24, 2.45) is 0 Å². The quantitative estimate of drug-likeness (QED) is 0.143. The summed E-state index contributed by atoms with van der Waals surface area (Å²) in [6.45, 7) is 11.3. The molecule has 0 spiro atoms. The van der Waals surface area contributed by atoms with Gasteiger partial charge < -0.3 is 4.74 Å². The summed E-state index contributed by atoms with van der Waals surface area (Å²) in [7, 11) is -2.05. The fourth-order valence-corrected chi connectivity index (χ4v) is 7.71. The summed E-state index contributed by atoms with van der Waals surface area (Å²) in [4.78, 5) is 0. The molecule has 3 aromatic rings. The first-order chi connectivity index (χ1) is 15.5. The molecule has 2 aromatic carbocycles. The topological polar surface area (TPSA) is 39.9 Å². The number of unbranched alkanes of at least 4 members (excludes halogenated alkanes) is 7. The number of rotatable bonds is 14. The lowest BCUT2D eigenvalue weighted by molar-refractivity contribution is 0.107. The standard InChI is InChI=1S/C27H39N3OSi/c1-5-7-8-9-10-11-12-18-23-32(3,4)27(6-2,31-24-19-14-13-15-20-24)30-26-22-17-16-21-25(26)28-29-30/h6,13-17,19-22H,2,5,7-12,18,23H2,1,3-4H3. The minimum Gasteiger partial charge on any atom is -0.466 e. The van der Waals surface area contributed by atoms with Crippen molar-refractivity contribution in [1.82, 2.24) is 15.0 Å². The van der Waals surface area contributed by atoms with E-state index in [-0.39, 0.29) is 0 Å². The Bertz CT molecular complexity index is 969. The summed E-state index contributed by atoms with van der Waals surface area (Å²) in [6, 6.07) is 19.3. The summed E-state index contributed by atoms with van der Waals surface area (Å²) >= 11 is 0. The molecule has 32 heavy (non-hydrogen) atoms. The molecule has 3 rings (SSSR count). The second-order valence-corrected chi connectivity index (χ2v) is 14.4. The van der Waals surface area contributed by atoms with Crippen LogP contribution in [0, 0.1) is 0 Å². The van der Waals surface area contributed by atoms with Crippen LogP contribution in [0.25, 0.3) is 11.0 Å². The molecule has 4 nitrogen and oxygen atoms in total. The van der Waals surface area contributed by atoms with E-state index in [1.54, 1.807) is 0 Å². The average Bonchev–Trinajstić information content (AvgIpc) is 3.24. The third kappa shape index (κ3) is 5.50. The molecular weight excluding hydrogens is 410 g/mol. The van der Waals surface area contributed by atoms with Gasteiger partial charge in [0.25, 0.3) is 0 Å². The van der Waals surface area contributed by atoms with Crippen molar-refractivity contribution in [2.75, 3.05) is 0 Å². The number of benzene rings is 2. The van der Waals surface area contributed by atoms with Gasteiger partial charge in [0.2, 0.25) is 5.35 Å². The molecule has 0 aliphatic carbocycles. The number of nitrogens with zero attached hydrogens (tertiary/aromatic N) is 3.